The summed E-state index contributed by atoms with van der Waals surface area (Å²) in [6.45, 7) is 15.8. The van der Waals surface area contributed by atoms with Gasteiger partial charge in [0.1, 0.15) is 85.5 Å². The molecule has 5 aliphatic carbocycles. The standard InChI is InChI=1S/C53H86O21/c1-23-32(57)42(73-44-37(62)33(58)26(55)21-67-44)40(65)46(69-23)72-41-27(20-54)70-43(39(64)36(41)61)68-22-28-34(59)35(60)38(63)45(71-28)74-47(66)53-17-15-48(2,3)19-25(53)24-9-10-30-50(6)13-12-31(56)49(4,5)29(50)11-14-52(30,8)51(24,7)16-18-53/h9,23,25-46,54-65H,10-22H2,1-8H3/t23-,25-,26+,27+,28+,29-,30+,31-,32-,33-,34+,35-,36+,37+,38+,39+,40+,41+,42+,43+,44-,45-,46-,50-,51+,52+,53-/m0/s1. The van der Waals surface area contributed by atoms with E-state index >= 15 is 4.79 Å². The lowest BCUT2D eigenvalue weighted by molar-refractivity contribution is -0.375. The summed E-state index contributed by atoms with van der Waals surface area (Å²) < 4.78 is 46.3. The first-order valence-corrected chi connectivity index (χ1v) is 27.1. The van der Waals surface area contributed by atoms with E-state index in [2.05, 4.69) is 54.5 Å². The van der Waals surface area contributed by atoms with Gasteiger partial charge in [0, 0.05) is 0 Å². The third-order valence-electron chi connectivity index (χ3n) is 21.0. The van der Waals surface area contributed by atoms with Gasteiger partial charge in [0.25, 0.3) is 0 Å². The summed E-state index contributed by atoms with van der Waals surface area (Å²) in [6, 6.07) is 0. The third-order valence-corrected chi connectivity index (χ3v) is 21.0. The zero-order valence-electron chi connectivity index (χ0n) is 44.1. The Morgan fingerprint density at radius 3 is 1.99 bits per heavy atom. The summed E-state index contributed by atoms with van der Waals surface area (Å²) in [4.78, 5) is 15.0. The molecule has 0 amide bonds. The molecular weight excluding hydrogens is 973 g/mol. The van der Waals surface area contributed by atoms with E-state index in [9.17, 15) is 61.3 Å². The molecule has 21 heteroatoms. The van der Waals surface area contributed by atoms with E-state index in [1.54, 1.807) is 0 Å². The maximum absolute atomic E-state index is 15.0. The minimum Gasteiger partial charge on any atom is -0.432 e. The van der Waals surface area contributed by atoms with Gasteiger partial charge in [-0.25, -0.2) is 0 Å². The van der Waals surface area contributed by atoms with Crippen LogP contribution < -0.4 is 0 Å². The summed E-state index contributed by atoms with van der Waals surface area (Å²) >= 11 is 0. The van der Waals surface area contributed by atoms with Gasteiger partial charge in [0.05, 0.1) is 37.4 Å². The van der Waals surface area contributed by atoms with E-state index in [1.165, 1.54) is 12.5 Å². The monoisotopic (exact) mass is 1060 g/mol. The first kappa shape index (κ1) is 57.1. The highest BCUT2D eigenvalue weighted by Gasteiger charge is 2.70. The SMILES string of the molecule is C[C@@H]1O[C@@H](O[C@H]2[C@H](O)[C@@H](O)[C@H](OC[C@H]3O[C@@H](OC(=O)[C@]45CCC(C)(C)C[C@H]4C4=CC[C@@H]6[C@@]7(C)CC[C@H](O)C(C)(C)[C@@H]7CC[C@@]6(C)[C@]4(C)CC5)[C@H](O)[C@@H](O)[C@@H]3O)O[C@@H]2CO)[C@H](O)[C@H](O[C@@H]2OC[C@@H](O)[C@H](O)[C@H]2O)[C@H]1O. The number of aliphatic hydroxyl groups excluding tert-OH is 12. The van der Waals surface area contributed by atoms with Crippen molar-refractivity contribution in [1.82, 2.24) is 0 Å². The van der Waals surface area contributed by atoms with E-state index in [-0.39, 0.29) is 39.1 Å². The Kier molecular flexibility index (Phi) is 15.8. The molecule has 4 saturated heterocycles. The average Bonchev–Trinajstić information content (AvgIpc) is 3.35. The number of rotatable bonds is 10. The van der Waals surface area contributed by atoms with Gasteiger partial charge in [0.15, 0.2) is 18.9 Å². The lowest BCUT2D eigenvalue weighted by atomic mass is 9.33. The molecule has 4 saturated carbocycles. The highest BCUT2D eigenvalue weighted by atomic mass is 16.8. The van der Waals surface area contributed by atoms with Gasteiger partial charge in [-0.3, -0.25) is 4.79 Å². The van der Waals surface area contributed by atoms with Crippen molar-refractivity contribution >= 4 is 5.97 Å². The number of allylic oxidation sites excluding steroid dienone is 2. The molecule has 0 radical (unpaired) electrons. The first-order valence-electron chi connectivity index (χ1n) is 27.1. The van der Waals surface area contributed by atoms with Crippen molar-refractivity contribution in [1.29, 1.82) is 0 Å². The zero-order chi connectivity index (χ0) is 54.0. The fourth-order valence-corrected chi connectivity index (χ4v) is 16.0. The van der Waals surface area contributed by atoms with E-state index < -0.39 is 148 Å². The van der Waals surface area contributed by atoms with Crippen molar-refractivity contribution in [3.05, 3.63) is 11.6 Å². The van der Waals surface area contributed by atoms with Gasteiger partial charge in [-0.2, -0.15) is 0 Å². The summed E-state index contributed by atoms with van der Waals surface area (Å²) in [6.07, 6.45) is -21.4. The second kappa shape index (κ2) is 20.5. The molecule has 74 heavy (non-hydrogen) atoms. The fraction of sp³-hybridized carbons (Fsp3) is 0.943. The number of hydrogen-bond donors (Lipinski definition) is 12. The van der Waals surface area contributed by atoms with Crippen LogP contribution in [0.4, 0.5) is 0 Å². The molecule has 8 fully saturated rings. The van der Waals surface area contributed by atoms with E-state index in [0.717, 1.165) is 51.4 Å². The lowest BCUT2D eigenvalue weighted by Gasteiger charge is -2.71. The molecule has 0 aromatic carbocycles. The van der Waals surface area contributed by atoms with Crippen LogP contribution in [0, 0.1) is 50.2 Å². The molecule has 0 unspecified atom stereocenters. The van der Waals surface area contributed by atoms with E-state index in [0.29, 0.717) is 24.7 Å². The van der Waals surface area contributed by atoms with Crippen LogP contribution >= 0.6 is 0 Å². The average molecular weight is 1060 g/mol. The molecule has 0 bridgehead atoms. The van der Waals surface area contributed by atoms with Crippen LogP contribution in [-0.2, 0) is 42.7 Å². The molecule has 4 heterocycles. The molecule has 9 rings (SSSR count). The summed E-state index contributed by atoms with van der Waals surface area (Å²) in [5.74, 6) is 0.0511. The van der Waals surface area contributed by atoms with Crippen LogP contribution in [0.5, 0.6) is 0 Å². The number of fused-ring (bicyclic) bond motifs is 7. The van der Waals surface area contributed by atoms with Crippen molar-refractivity contribution in [3.63, 3.8) is 0 Å². The number of hydrogen-bond acceptors (Lipinski definition) is 21. The lowest BCUT2D eigenvalue weighted by Crippen LogP contribution is -2.66. The van der Waals surface area contributed by atoms with Gasteiger partial charge >= 0.3 is 5.97 Å². The number of carbonyl (C=O) groups is 1. The van der Waals surface area contributed by atoms with Gasteiger partial charge in [-0.1, -0.05) is 60.1 Å². The molecule has 9 aliphatic rings. The smallest absolute Gasteiger partial charge is 0.315 e. The highest BCUT2D eigenvalue weighted by molar-refractivity contribution is 5.79. The second-order valence-electron chi connectivity index (χ2n) is 25.8. The highest BCUT2D eigenvalue weighted by Crippen LogP contribution is 2.76. The molecule has 4 aliphatic heterocycles. The molecule has 12 N–H and O–H groups in total. The zero-order valence-corrected chi connectivity index (χ0v) is 44.1. The first-order chi connectivity index (χ1) is 34.6. The Balaban J connectivity index is 0.867. The number of esters is 1. The predicted molar refractivity (Wildman–Crippen MR) is 255 cm³/mol. The van der Waals surface area contributed by atoms with Gasteiger partial charge < -0.3 is 99.2 Å². The number of aliphatic hydroxyl groups is 12. The number of carbonyl (C=O) groups excluding carboxylic acids is 1. The number of ether oxygens (including phenoxy) is 8. The normalized spacial score (nSPS) is 54.1. The fourth-order valence-electron chi connectivity index (χ4n) is 16.0. The topological polar surface area (TPSA) is 334 Å². The Morgan fingerprint density at radius 1 is 0.635 bits per heavy atom. The largest absolute Gasteiger partial charge is 0.432 e. The van der Waals surface area contributed by atoms with Crippen LogP contribution in [-0.4, -0.2) is 210 Å². The van der Waals surface area contributed by atoms with Gasteiger partial charge in [0.2, 0.25) is 6.29 Å². The van der Waals surface area contributed by atoms with Crippen molar-refractivity contribution in [2.75, 3.05) is 19.8 Å². The maximum Gasteiger partial charge on any atom is 0.315 e. The Labute approximate surface area is 433 Å². The summed E-state index contributed by atoms with van der Waals surface area (Å²) in [5.41, 5.74) is -0.178. The molecule has 0 aromatic heterocycles. The maximum atomic E-state index is 15.0. The molecule has 27 atom stereocenters. The Bertz CT molecular complexity index is 2040. The summed E-state index contributed by atoms with van der Waals surface area (Å²) in [7, 11) is 0. The van der Waals surface area contributed by atoms with Crippen LogP contribution in [0.3, 0.4) is 0 Å². The van der Waals surface area contributed by atoms with Gasteiger partial charge in [-0.15, -0.1) is 0 Å². The molecule has 0 aromatic rings. The second-order valence-corrected chi connectivity index (χ2v) is 25.8. The van der Waals surface area contributed by atoms with Crippen molar-refractivity contribution in [3.8, 4) is 0 Å². The molecule has 21 nitrogen and oxygen atoms in total. The quantitative estimate of drug-likeness (QED) is 0.0981. The molecule has 0 spiro atoms. The van der Waals surface area contributed by atoms with Crippen LogP contribution in [0.1, 0.15) is 120 Å². The third kappa shape index (κ3) is 9.27. The predicted octanol–water partition coefficient (Wildman–Crippen LogP) is -0.369. The summed E-state index contributed by atoms with van der Waals surface area (Å²) in [5, 5.41) is 130. The minimum atomic E-state index is -1.92. The van der Waals surface area contributed by atoms with Crippen molar-refractivity contribution < 1.29 is 104 Å². The van der Waals surface area contributed by atoms with E-state index in [4.69, 9.17) is 37.9 Å². The van der Waals surface area contributed by atoms with E-state index in [1.807, 2.05) is 0 Å². The van der Waals surface area contributed by atoms with Crippen LogP contribution in [0.15, 0.2) is 11.6 Å². The van der Waals surface area contributed by atoms with Crippen LogP contribution in [0.25, 0.3) is 0 Å². The van der Waals surface area contributed by atoms with Crippen molar-refractivity contribution in [2.45, 2.75) is 242 Å². The van der Waals surface area contributed by atoms with Crippen LogP contribution in [0.2, 0.25) is 0 Å². The van der Waals surface area contributed by atoms with Crippen molar-refractivity contribution in [2.24, 2.45) is 50.2 Å². The minimum absolute atomic E-state index is 0.0394. The molecule has 424 valence electrons. The Hall–Kier alpha value is -1.55. The Morgan fingerprint density at radius 2 is 1.28 bits per heavy atom. The molecular formula is C53H86O21. The van der Waals surface area contributed by atoms with Gasteiger partial charge in [-0.05, 0) is 116 Å².